The molecule has 1 aromatic carbocycles. The van der Waals surface area contributed by atoms with E-state index < -0.39 is 0 Å². The van der Waals surface area contributed by atoms with Gasteiger partial charge in [0.05, 0.1) is 24.8 Å². The van der Waals surface area contributed by atoms with Crippen LogP contribution in [-0.2, 0) is 24.4 Å². The lowest BCUT2D eigenvalue weighted by molar-refractivity contribution is 0.119. The summed E-state index contributed by atoms with van der Waals surface area (Å²) in [7, 11) is 0. The van der Waals surface area contributed by atoms with Crippen molar-refractivity contribution in [1.29, 1.82) is 0 Å². The Morgan fingerprint density at radius 2 is 1.76 bits per heavy atom. The fraction of sp³-hybridized carbons (Fsp3) is 0.318. The van der Waals surface area contributed by atoms with Gasteiger partial charge >= 0.3 is 6.09 Å². The SMILES string of the molecule is O=C1O[C@@H]2CN(Cc3ccccc3Cn3cccn3)C[C@@H]2N1Cc1ccccn1. The van der Waals surface area contributed by atoms with Gasteiger partial charge in [0.15, 0.2) is 0 Å². The number of hydrogen-bond donors (Lipinski definition) is 0. The van der Waals surface area contributed by atoms with Crippen LogP contribution in [0.2, 0.25) is 0 Å². The standard InChI is InChI=1S/C22H23N5O2/c28-22-27(14-19-8-3-4-9-23-19)20-15-25(16-21(20)29-22)12-17-6-1-2-7-18(17)13-26-11-5-10-24-26/h1-11,20-21H,12-16H2/t20-,21+/m0/s1. The van der Waals surface area contributed by atoms with Crippen LogP contribution in [0, 0.1) is 0 Å². The third-order valence-electron chi connectivity index (χ3n) is 5.66. The Morgan fingerprint density at radius 3 is 2.52 bits per heavy atom. The fourth-order valence-corrected chi connectivity index (χ4v) is 4.23. The molecule has 7 nitrogen and oxygen atoms in total. The van der Waals surface area contributed by atoms with E-state index in [1.807, 2.05) is 40.0 Å². The number of ether oxygens (including phenoxy) is 1. The molecule has 2 saturated heterocycles. The zero-order valence-electron chi connectivity index (χ0n) is 16.1. The highest BCUT2D eigenvalue weighted by atomic mass is 16.6. The van der Waals surface area contributed by atoms with Crippen LogP contribution < -0.4 is 0 Å². The van der Waals surface area contributed by atoms with Crippen molar-refractivity contribution in [1.82, 2.24) is 24.6 Å². The number of nitrogens with zero attached hydrogens (tertiary/aromatic N) is 5. The Balaban J connectivity index is 1.27. The second-order valence-corrected chi connectivity index (χ2v) is 7.60. The lowest BCUT2D eigenvalue weighted by Crippen LogP contribution is -2.37. The topological polar surface area (TPSA) is 63.5 Å². The number of amides is 1. The molecular formula is C22H23N5O2. The van der Waals surface area contributed by atoms with Gasteiger partial charge in [-0.15, -0.1) is 0 Å². The van der Waals surface area contributed by atoms with E-state index >= 15 is 0 Å². The number of carbonyl (C=O) groups is 1. The Hall–Kier alpha value is -3.19. The van der Waals surface area contributed by atoms with Crippen LogP contribution in [0.3, 0.4) is 0 Å². The quantitative estimate of drug-likeness (QED) is 0.648. The number of rotatable bonds is 6. The molecule has 7 heteroatoms. The molecule has 0 aliphatic carbocycles. The largest absolute Gasteiger partial charge is 0.442 e. The zero-order chi connectivity index (χ0) is 19.6. The van der Waals surface area contributed by atoms with E-state index in [9.17, 15) is 4.79 Å². The van der Waals surface area contributed by atoms with Gasteiger partial charge in [0.2, 0.25) is 0 Å². The third kappa shape index (κ3) is 3.73. The molecule has 4 heterocycles. The number of hydrogen-bond acceptors (Lipinski definition) is 5. The monoisotopic (exact) mass is 389 g/mol. The van der Waals surface area contributed by atoms with Gasteiger partial charge in [0, 0.05) is 38.2 Å². The summed E-state index contributed by atoms with van der Waals surface area (Å²) in [6, 6.07) is 16.2. The maximum Gasteiger partial charge on any atom is 0.410 e. The molecule has 3 aromatic rings. The van der Waals surface area contributed by atoms with E-state index in [1.54, 1.807) is 12.4 Å². The van der Waals surface area contributed by atoms with E-state index in [0.717, 1.165) is 31.9 Å². The van der Waals surface area contributed by atoms with Crippen LogP contribution in [0.4, 0.5) is 4.79 Å². The molecule has 148 valence electrons. The predicted molar refractivity (Wildman–Crippen MR) is 107 cm³/mol. The molecule has 2 atom stereocenters. The molecule has 0 radical (unpaired) electrons. The normalized spacial score (nSPS) is 21.4. The zero-order valence-corrected chi connectivity index (χ0v) is 16.1. The summed E-state index contributed by atoms with van der Waals surface area (Å²) in [6.07, 6.45) is 5.22. The summed E-state index contributed by atoms with van der Waals surface area (Å²) in [5, 5.41) is 4.32. The fourth-order valence-electron chi connectivity index (χ4n) is 4.23. The summed E-state index contributed by atoms with van der Waals surface area (Å²) < 4.78 is 7.60. The average Bonchev–Trinajstić information content (AvgIpc) is 3.44. The highest BCUT2D eigenvalue weighted by molar-refractivity contribution is 5.71. The van der Waals surface area contributed by atoms with E-state index in [-0.39, 0.29) is 18.2 Å². The first-order chi connectivity index (χ1) is 14.3. The van der Waals surface area contributed by atoms with Gasteiger partial charge in [-0.1, -0.05) is 30.3 Å². The van der Waals surface area contributed by atoms with Crippen molar-refractivity contribution >= 4 is 6.09 Å². The maximum atomic E-state index is 12.3. The second kappa shape index (κ2) is 7.67. The first-order valence-corrected chi connectivity index (χ1v) is 9.90. The average molecular weight is 389 g/mol. The van der Waals surface area contributed by atoms with E-state index in [0.29, 0.717) is 6.54 Å². The summed E-state index contributed by atoms with van der Waals surface area (Å²) in [6.45, 7) is 3.64. The summed E-state index contributed by atoms with van der Waals surface area (Å²) in [4.78, 5) is 20.9. The van der Waals surface area contributed by atoms with E-state index in [2.05, 4.69) is 39.2 Å². The van der Waals surface area contributed by atoms with Gasteiger partial charge in [0.1, 0.15) is 6.10 Å². The first kappa shape index (κ1) is 17.9. The Morgan fingerprint density at radius 1 is 0.931 bits per heavy atom. The van der Waals surface area contributed by atoms with Crippen LogP contribution in [0.15, 0.2) is 67.1 Å². The van der Waals surface area contributed by atoms with Crippen molar-refractivity contribution in [2.75, 3.05) is 13.1 Å². The molecule has 0 N–H and O–H groups in total. The second-order valence-electron chi connectivity index (χ2n) is 7.60. The lowest BCUT2D eigenvalue weighted by atomic mass is 10.1. The van der Waals surface area contributed by atoms with Gasteiger partial charge < -0.3 is 4.74 Å². The molecule has 0 bridgehead atoms. The van der Waals surface area contributed by atoms with Gasteiger partial charge in [-0.05, 0) is 29.3 Å². The molecule has 29 heavy (non-hydrogen) atoms. The van der Waals surface area contributed by atoms with E-state index in [1.165, 1.54) is 11.1 Å². The smallest absolute Gasteiger partial charge is 0.410 e. The Bertz CT molecular complexity index is 976. The van der Waals surface area contributed by atoms with Crippen LogP contribution in [-0.4, -0.2) is 55.9 Å². The number of pyridine rings is 1. The molecule has 2 aromatic heterocycles. The minimum atomic E-state index is -0.232. The van der Waals surface area contributed by atoms with Crippen LogP contribution in [0.1, 0.15) is 16.8 Å². The van der Waals surface area contributed by atoms with Crippen LogP contribution in [0.25, 0.3) is 0 Å². The molecule has 2 aliphatic rings. The number of likely N-dealkylation sites (tertiary alicyclic amines) is 1. The third-order valence-corrected chi connectivity index (χ3v) is 5.66. The van der Waals surface area contributed by atoms with Gasteiger partial charge in [0.25, 0.3) is 0 Å². The molecule has 0 unspecified atom stereocenters. The molecule has 2 aliphatic heterocycles. The minimum absolute atomic E-state index is 0.0720. The molecule has 0 saturated carbocycles. The van der Waals surface area contributed by atoms with Gasteiger partial charge in [-0.3, -0.25) is 19.5 Å². The summed E-state index contributed by atoms with van der Waals surface area (Å²) in [5.41, 5.74) is 3.43. The number of benzene rings is 1. The molecule has 5 rings (SSSR count). The maximum absolute atomic E-state index is 12.3. The van der Waals surface area contributed by atoms with Crippen LogP contribution >= 0.6 is 0 Å². The number of fused-ring (bicyclic) bond motifs is 1. The molecule has 2 fully saturated rings. The van der Waals surface area contributed by atoms with Crippen molar-refractivity contribution in [2.45, 2.75) is 31.8 Å². The molecule has 1 amide bonds. The van der Waals surface area contributed by atoms with Crippen molar-refractivity contribution in [3.05, 3.63) is 83.9 Å². The Kier molecular flexibility index (Phi) is 4.73. The van der Waals surface area contributed by atoms with Gasteiger partial charge in [-0.25, -0.2) is 4.79 Å². The number of carbonyl (C=O) groups excluding carboxylic acids is 1. The molecule has 0 spiro atoms. The summed E-state index contributed by atoms with van der Waals surface area (Å²) in [5.74, 6) is 0. The molecular weight excluding hydrogens is 366 g/mol. The number of aromatic nitrogens is 3. The lowest BCUT2D eigenvalue weighted by Gasteiger charge is -2.23. The van der Waals surface area contributed by atoms with Gasteiger partial charge in [-0.2, -0.15) is 5.10 Å². The minimum Gasteiger partial charge on any atom is -0.442 e. The van der Waals surface area contributed by atoms with Crippen molar-refractivity contribution in [3.63, 3.8) is 0 Å². The highest BCUT2D eigenvalue weighted by Crippen LogP contribution is 2.29. The van der Waals surface area contributed by atoms with Crippen LogP contribution in [0.5, 0.6) is 0 Å². The van der Waals surface area contributed by atoms with E-state index in [4.69, 9.17) is 4.74 Å². The summed E-state index contributed by atoms with van der Waals surface area (Å²) >= 11 is 0. The highest BCUT2D eigenvalue weighted by Gasteiger charge is 2.47. The van der Waals surface area contributed by atoms with Crippen molar-refractivity contribution in [2.24, 2.45) is 0 Å². The first-order valence-electron chi connectivity index (χ1n) is 9.90. The predicted octanol–water partition coefficient (Wildman–Crippen LogP) is 2.53. The van der Waals surface area contributed by atoms with Crippen molar-refractivity contribution in [3.8, 4) is 0 Å². The van der Waals surface area contributed by atoms with Crippen molar-refractivity contribution < 1.29 is 9.53 Å². The Labute approximate surface area is 169 Å².